The predicted molar refractivity (Wildman–Crippen MR) is 64.3 cm³/mol. The molecule has 0 spiro atoms. The zero-order chi connectivity index (χ0) is 11.2. The van der Waals surface area contributed by atoms with Crippen molar-refractivity contribution in [1.82, 2.24) is 10.3 Å². The summed E-state index contributed by atoms with van der Waals surface area (Å²) in [4.78, 5) is 4.41. The molecule has 1 atom stereocenters. The second-order valence-corrected chi connectivity index (χ2v) is 4.43. The number of aromatic nitrogens is 1. The normalized spacial score (nSPS) is 20.9. The lowest BCUT2D eigenvalue weighted by atomic mass is 10.1. The molecule has 3 nitrogen and oxygen atoms in total. The van der Waals surface area contributed by atoms with Crippen LogP contribution in [0.25, 0.3) is 0 Å². The molecule has 0 bridgehead atoms. The van der Waals surface area contributed by atoms with E-state index >= 15 is 0 Å². The molecule has 0 saturated carbocycles. The molecule has 3 heteroatoms. The molecule has 1 aromatic rings. The third-order valence-corrected chi connectivity index (χ3v) is 2.93. The van der Waals surface area contributed by atoms with Crippen LogP contribution >= 0.6 is 0 Å². The van der Waals surface area contributed by atoms with Gasteiger partial charge < -0.3 is 10.1 Å². The fourth-order valence-corrected chi connectivity index (χ4v) is 2.05. The summed E-state index contributed by atoms with van der Waals surface area (Å²) < 4.78 is 5.69. The number of rotatable bonds is 4. The van der Waals surface area contributed by atoms with Crippen LogP contribution in [0.5, 0.6) is 0 Å². The molecular weight excluding hydrogens is 200 g/mol. The van der Waals surface area contributed by atoms with Gasteiger partial charge in [-0.15, -0.1) is 0 Å². The summed E-state index contributed by atoms with van der Waals surface area (Å²) in [7, 11) is 0. The Morgan fingerprint density at radius 2 is 2.38 bits per heavy atom. The SMILES string of the molecule is Cc1cccc(COCC2CCCCN2)n1. The fourth-order valence-electron chi connectivity index (χ4n) is 2.05. The lowest BCUT2D eigenvalue weighted by Gasteiger charge is -2.23. The van der Waals surface area contributed by atoms with E-state index in [1.807, 2.05) is 25.1 Å². The van der Waals surface area contributed by atoms with Gasteiger partial charge in [-0.1, -0.05) is 12.5 Å². The predicted octanol–water partition coefficient (Wildman–Crippen LogP) is 2.05. The summed E-state index contributed by atoms with van der Waals surface area (Å²) in [6.45, 7) is 4.57. The molecule has 2 rings (SSSR count). The van der Waals surface area contributed by atoms with Gasteiger partial charge in [-0.3, -0.25) is 4.98 Å². The van der Waals surface area contributed by atoms with E-state index < -0.39 is 0 Å². The van der Waals surface area contributed by atoms with E-state index in [2.05, 4.69) is 10.3 Å². The summed E-state index contributed by atoms with van der Waals surface area (Å²) in [5.41, 5.74) is 2.08. The van der Waals surface area contributed by atoms with Crippen LogP contribution in [-0.2, 0) is 11.3 Å². The third kappa shape index (κ3) is 3.58. The summed E-state index contributed by atoms with van der Waals surface area (Å²) in [5.74, 6) is 0. The third-order valence-electron chi connectivity index (χ3n) is 2.93. The molecule has 1 N–H and O–H groups in total. The number of nitrogens with one attached hydrogen (secondary N) is 1. The molecule has 1 fully saturated rings. The molecule has 2 heterocycles. The van der Waals surface area contributed by atoms with E-state index in [0.717, 1.165) is 24.5 Å². The van der Waals surface area contributed by atoms with Crippen LogP contribution in [0.15, 0.2) is 18.2 Å². The van der Waals surface area contributed by atoms with Crippen molar-refractivity contribution in [3.8, 4) is 0 Å². The molecule has 16 heavy (non-hydrogen) atoms. The van der Waals surface area contributed by atoms with E-state index in [1.54, 1.807) is 0 Å². The van der Waals surface area contributed by atoms with Crippen molar-refractivity contribution in [2.45, 2.75) is 38.8 Å². The van der Waals surface area contributed by atoms with Crippen LogP contribution in [0.1, 0.15) is 30.7 Å². The van der Waals surface area contributed by atoms with Crippen molar-refractivity contribution in [2.75, 3.05) is 13.2 Å². The standard InChI is InChI=1S/C13H20N2O/c1-11-5-4-7-13(15-11)10-16-9-12-6-2-3-8-14-12/h4-5,7,12,14H,2-3,6,8-10H2,1H3. The number of piperidine rings is 1. The van der Waals surface area contributed by atoms with Crippen molar-refractivity contribution in [1.29, 1.82) is 0 Å². The van der Waals surface area contributed by atoms with Crippen LogP contribution in [0.2, 0.25) is 0 Å². The first-order valence-corrected chi connectivity index (χ1v) is 6.08. The number of nitrogens with zero attached hydrogens (tertiary/aromatic N) is 1. The molecule has 1 aliphatic heterocycles. The molecule has 1 aliphatic rings. The van der Waals surface area contributed by atoms with Crippen molar-refractivity contribution < 1.29 is 4.74 Å². The van der Waals surface area contributed by atoms with Crippen molar-refractivity contribution >= 4 is 0 Å². The fraction of sp³-hybridized carbons (Fsp3) is 0.615. The van der Waals surface area contributed by atoms with Gasteiger partial charge in [0.05, 0.1) is 18.9 Å². The van der Waals surface area contributed by atoms with Gasteiger partial charge in [0, 0.05) is 11.7 Å². The maximum Gasteiger partial charge on any atom is 0.0888 e. The van der Waals surface area contributed by atoms with Gasteiger partial charge in [-0.05, 0) is 38.4 Å². The zero-order valence-electron chi connectivity index (χ0n) is 9.91. The van der Waals surface area contributed by atoms with E-state index in [4.69, 9.17) is 4.74 Å². The Bertz CT molecular complexity index is 321. The molecule has 0 aromatic carbocycles. The highest BCUT2D eigenvalue weighted by molar-refractivity contribution is 5.08. The highest BCUT2D eigenvalue weighted by Crippen LogP contribution is 2.08. The monoisotopic (exact) mass is 220 g/mol. The number of hydrogen-bond acceptors (Lipinski definition) is 3. The summed E-state index contributed by atoms with van der Waals surface area (Å²) in [6.07, 6.45) is 3.86. The van der Waals surface area contributed by atoms with Crippen LogP contribution in [0.4, 0.5) is 0 Å². The first-order chi connectivity index (χ1) is 7.84. The van der Waals surface area contributed by atoms with E-state index in [9.17, 15) is 0 Å². The van der Waals surface area contributed by atoms with Crippen LogP contribution < -0.4 is 5.32 Å². The Labute approximate surface area is 97.2 Å². The Morgan fingerprint density at radius 3 is 3.12 bits per heavy atom. The molecule has 1 saturated heterocycles. The van der Waals surface area contributed by atoms with Crippen molar-refractivity contribution in [3.05, 3.63) is 29.6 Å². The molecule has 0 radical (unpaired) electrons. The summed E-state index contributed by atoms with van der Waals surface area (Å²) in [6, 6.07) is 6.59. The number of hydrogen-bond donors (Lipinski definition) is 1. The second-order valence-electron chi connectivity index (χ2n) is 4.43. The first-order valence-electron chi connectivity index (χ1n) is 6.08. The topological polar surface area (TPSA) is 34.1 Å². The van der Waals surface area contributed by atoms with Gasteiger partial charge in [-0.2, -0.15) is 0 Å². The maximum absolute atomic E-state index is 5.69. The number of pyridine rings is 1. The lowest BCUT2D eigenvalue weighted by Crippen LogP contribution is -2.37. The number of aryl methyl sites for hydroxylation is 1. The average molecular weight is 220 g/mol. The highest BCUT2D eigenvalue weighted by atomic mass is 16.5. The molecule has 1 aromatic heterocycles. The Balaban J connectivity index is 1.71. The lowest BCUT2D eigenvalue weighted by molar-refractivity contribution is 0.0890. The molecule has 0 amide bonds. The van der Waals surface area contributed by atoms with E-state index in [-0.39, 0.29) is 0 Å². The molecule has 1 unspecified atom stereocenters. The zero-order valence-corrected chi connectivity index (χ0v) is 9.91. The van der Waals surface area contributed by atoms with Gasteiger partial charge in [0.25, 0.3) is 0 Å². The van der Waals surface area contributed by atoms with E-state index in [1.165, 1.54) is 19.3 Å². The summed E-state index contributed by atoms with van der Waals surface area (Å²) >= 11 is 0. The Morgan fingerprint density at radius 1 is 1.44 bits per heavy atom. The van der Waals surface area contributed by atoms with E-state index in [0.29, 0.717) is 12.6 Å². The van der Waals surface area contributed by atoms with Gasteiger partial charge in [-0.25, -0.2) is 0 Å². The highest BCUT2D eigenvalue weighted by Gasteiger charge is 2.12. The second kappa shape index (κ2) is 5.97. The van der Waals surface area contributed by atoms with Crippen molar-refractivity contribution in [2.24, 2.45) is 0 Å². The quantitative estimate of drug-likeness (QED) is 0.843. The van der Waals surface area contributed by atoms with Gasteiger partial charge in [0.2, 0.25) is 0 Å². The molecule has 88 valence electrons. The van der Waals surface area contributed by atoms with Crippen LogP contribution in [-0.4, -0.2) is 24.2 Å². The van der Waals surface area contributed by atoms with Crippen LogP contribution in [0.3, 0.4) is 0 Å². The summed E-state index contributed by atoms with van der Waals surface area (Å²) in [5, 5.41) is 3.47. The van der Waals surface area contributed by atoms with Crippen molar-refractivity contribution in [3.63, 3.8) is 0 Å². The van der Waals surface area contributed by atoms with Gasteiger partial charge in [0.15, 0.2) is 0 Å². The maximum atomic E-state index is 5.69. The minimum absolute atomic E-state index is 0.540. The minimum atomic E-state index is 0.540. The average Bonchev–Trinajstić information content (AvgIpc) is 2.30. The Kier molecular flexibility index (Phi) is 4.31. The smallest absolute Gasteiger partial charge is 0.0888 e. The van der Waals surface area contributed by atoms with Gasteiger partial charge >= 0.3 is 0 Å². The number of ether oxygens (including phenoxy) is 1. The molecular formula is C13H20N2O. The minimum Gasteiger partial charge on any atom is -0.374 e. The largest absolute Gasteiger partial charge is 0.374 e. The van der Waals surface area contributed by atoms with Gasteiger partial charge in [0.1, 0.15) is 0 Å². The first kappa shape index (κ1) is 11.6. The molecule has 0 aliphatic carbocycles. The van der Waals surface area contributed by atoms with Crippen LogP contribution in [0, 0.1) is 6.92 Å². The Hall–Kier alpha value is -0.930.